The summed E-state index contributed by atoms with van der Waals surface area (Å²) in [6.45, 7) is 5.30. The van der Waals surface area contributed by atoms with Gasteiger partial charge in [-0.2, -0.15) is 0 Å². The minimum Gasteiger partial charge on any atom is -0.444 e. The molecule has 0 saturated heterocycles. The molecule has 0 saturated carbocycles. The number of benzene rings is 2. The van der Waals surface area contributed by atoms with E-state index in [4.69, 9.17) is 27.9 Å². The van der Waals surface area contributed by atoms with Gasteiger partial charge in [0.25, 0.3) is 0 Å². The lowest BCUT2D eigenvalue weighted by Crippen LogP contribution is -2.41. The number of ether oxygens (including phenoxy) is 1. The number of alkyl carbamates (subject to hydrolysis) is 1. The van der Waals surface area contributed by atoms with Crippen molar-refractivity contribution in [1.29, 1.82) is 0 Å². The van der Waals surface area contributed by atoms with E-state index in [2.05, 4.69) is 5.32 Å². The Morgan fingerprint density at radius 3 is 2.15 bits per heavy atom. The van der Waals surface area contributed by atoms with Gasteiger partial charge in [-0.25, -0.2) is 4.79 Å². The number of halogens is 2. The predicted octanol–water partition coefficient (Wildman–Crippen LogP) is 5.30. The second-order valence-electron chi connectivity index (χ2n) is 6.95. The quantitative estimate of drug-likeness (QED) is 0.701. The summed E-state index contributed by atoms with van der Waals surface area (Å²) >= 11 is 12.1. The first-order chi connectivity index (χ1) is 12.2. The largest absolute Gasteiger partial charge is 0.444 e. The number of amides is 1. The van der Waals surface area contributed by atoms with Crippen molar-refractivity contribution in [3.8, 4) is 11.1 Å². The summed E-state index contributed by atoms with van der Waals surface area (Å²) in [5.74, 6) is 0. The Hall–Kier alpha value is -2.04. The third-order valence-electron chi connectivity index (χ3n) is 3.47. The Balaban J connectivity index is 2.05. The van der Waals surface area contributed by atoms with Crippen LogP contribution < -0.4 is 5.32 Å². The molecule has 2 aromatic rings. The van der Waals surface area contributed by atoms with Gasteiger partial charge in [0, 0.05) is 10.0 Å². The number of hydrogen-bond acceptors (Lipinski definition) is 3. The van der Waals surface area contributed by atoms with Crippen molar-refractivity contribution >= 4 is 35.6 Å². The first-order valence-electron chi connectivity index (χ1n) is 8.16. The van der Waals surface area contributed by atoms with Gasteiger partial charge in [0.05, 0.1) is 6.04 Å². The molecule has 26 heavy (non-hydrogen) atoms. The Bertz CT molecular complexity index is 762. The zero-order valence-corrected chi connectivity index (χ0v) is 16.4. The molecule has 0 aliphatic rings. The van der Waals surface area contributed by atoms with Gasteiger partial charge in [-0.3, -0.25) is 0 Å². The van der Waals surface area contributed by atoms with Crippen LogP contribution >= 0.6 is 23.2 Å². The van der Waals surface area contributed by atoms with Crippen LogP contribution in [0.2, 0.25) is 10.0 Å². The molecule has 138 valence electrons. The highest BCUT2D eigenvalue weighted by atomic mass is 35.5. The third-order valence-corrected chi connectivity index (χ3v) is 3.91. The summed E-state index contributed by atoms with van der Waals surface area (Å²) in [7, 11) is 0. The van der Waals surface area contributed by atoms with Crippen LogP contribution in [0.25, 0.3) is 11.1 Å². The SMILES string of the molecule is CC(C)(C)OC(=O)N[C@@H](C=O)Cc1ccc(-c2cc(Cl)cc(Cl)c2)cc1. The van der Waals surface area contributed by atoms with Crippen LogP contribution in [0.15, 0.2) is 42.5 Å². The van der Waals surface area contributed by atoms with Crippen molar-refractivity contribution in [2.45, 2.75) is 38.8 Å². The lowest BCUT2D eigenvalue weighted by Gasteiger charge is -2.21. The average Bonchev–Trinajstić information content (AvgIpc) is 2.52. The van der Waals surface area contributed by atoms with Crippen LogP contribution in [0.4, 0.5) is 4.79 Å². The van der Waals surface area contributed by atoms with Gasteiger partial charge in [0.1, 0.15) is 11.9 Å². The second-order valence-corrected chi connectivity index (χ2v) is 7.82. The molecule has 0 aromatic heterocycles. The van der Waals surface area contributed by atoms with Crippen molar-refractivity contribution in [3.05, 3.63) is 58.1 Å². The fourth-order valence-electron chi connectivity index (χ4n) is 2.40. The molecule has 0 unspecified atom stereocenters. The molecular weight excluding hydrogens is 373 g/mol. The Kier molecular flexibility index (Phi) is 6.68. The van der Waals surface area contributed by atoms with Crippen LogP contribution in [-0.4, -0.2) is 24.0 Å². The molecule has 1 atom stereocenters. The van der Waals surface area contributed by atoms with E-state index in [0.29, 0.717) is 22.8 Å². The monoisotopic (exact) mass is 393 g/mol. The molecule has 0 heterocycles. The van der Waals surface area contributed by atoms with Gasteiger partial charge in [-0.15, -0.1) is 0 Å². The van der Waals surface area contributed by atoms with E-state index in [1.54, 1.807) is 26.8 Å². The molecule has 0 aliphatic carbocycles. The van der Waals surface area contributed by atoms with Gasteiger partial charge in [0.2, 0.25) is 0 Å². The fraction of sp³-hybridized carbons (Fsp3) is 0.300. The number of aldehydes is 1. The zero-order valence-electron chi connectivity index (χ0n) is 14.9. The smallest absolute Gasteiger partial charge is 0.408 e. The maximum Gasteiger partial charge on any atom is 0.408 e. The molecule has 4 nitrogen and oxygen atoms in total. The highest BCUT2D eigenvalue weighted by Crippen LogP contribution is 2.27. The summed E-state index contributed by atoms with van der Waals surface area (Å²) in [6.07, 6.45) is 0.466. The Morgan fingerprint density at radius 1 is 1.08 bits per heavy atom. The highest BCUT2D eigenvalue weighted by molar-refractivity contribution is 6.35. The van der Waals surface area contributed by atoms with Crippen LogP contribution in [0.5, 0.6) is 0 Å². The molecule has 0 radical (unpaired) electrons. The highest BCUT2D eigenvalue weighted by Gasteiger charge is 2.19. The first-order valence-corrected chi connectivity index (χ1v) is 8.92. The number of hydrogen-bond donors (Lipinski definition) is 1. The van der Waals surface area contributed by atoms with Gasteiger partial charge < -0.3 is 14.8 Å². The van der Waals surface area contributed by atoms with E-state index >= 15 is 0 Å². The van der Waals surface area contributed by atoms with Crippen molar-refractivity contribution in [2.75, 3.05) is 0 Å². The summed E-state index contributed by atoms with van der Waals surface area (Å²) < 4.78 is 5.17. The van der Waals surface area contributed by atoms with Gasteiger partial charge in [0.15, 0.2) is 0 Å². The molecular formula is C20H21Cl2NO3. The van der Waals surface area contributed by atoms with Crippen molar-refractivity contribution in [1.82, 2.24) is 5.32 Å². The molecule has 1 N–H and O–H groups in total. The van der Waals surface area contributed by atoms with E-state index < -0.39 is 17.7 Å². The maximum atomic E-state index is 11.8. The van der Waals surface area contributed by atoms with Crippen molar-refractivity contribution in [3.63, 3.8) is 0 Å². The summed E-state index contributed by atoms with van der Waals surface area (Å²) in [5.41, 5.74) is 2.17. The number of carbonyl (C=O) groups is 2. The zero-order chi connectivity index (χ0) is 19.3. The van der Waals surface area contributed by atoms with Gasteiger partial charge in [-0.1, -0.05) is 47.5 Å². The molecule has 2 aromatic carbocycles. The normalized spacial score (nSPS) is 12.3. The second kappa shape index (κ2) is 8.56. The molecule has 0 fully saturated rings. The summed E-state index contributed by atoms with van der Waals surface area (Å²) in [6, 6.07) is 12.3. The molecule has 2 rings (SSSR count). The number of nitrogens with one attached hydrogen (secondary N) is 1. The molecule has 6 heteroatoms. The lowest BCUT2D eigenvalue weighted by molar-refractivity contribution is -0.109. The van der Waals surface area contributed by atoms with Crippen LogP contribution in [0.1, 0.15) is 26.3 Å². The number of rotatable bonds is 5. The lowest BCUT2D eigenvalue weighted by atomic mass is 10.0. The topological polar surface area (TPSA) is 55.4 Å². The molecule has 0 bridgehead atoms. The van der Waals surface area contributed by atoms with Gasteiger partial charge in [-0.05, 0) is 62.1 Å². The third kappa shape index (κ3) is 6.36. The molecule has 0 spiro atoms. The van der Waals surface area contributed by atoms with E-state index in [1.807, 2.05) is 36.4 Å². The van der Waals surface area contributed by atoms with E-state index in [1.165, 1.54) is 0 Å². The van der Waals surface area contributed by atoms with E-state index in [0.717, 1.165) is 16.7 Å². The fourth-order valence-corrected chi connectivity index (χ4v) is 2.93. The van der Waals surface area contributed by atoms with Crippen LogP contribution in [-0.2, 0) is 16.0 Å². The summed E-state index contributed by atoms with van der Waals surface area (Å²) in [5, 5.41) is 3.71. The Labute approximate surface area is 163 Å². The standard InChI is InChI=1S/C20H21Cl2NO3/c1-20(2,3)26-19(25)23-18(12-24)8-13-4-6-14(7-5-13)15-9-16(21)11-17(22)10-15/h4-7,9-12,18H,8H2,1-3H3,(H,23,25)/t18-/m1/s1. The van der Waals surface area contributed by atoms with E-state index in [9.17, 15) is 9.59 Å². The first kappa shape index (κ1) is 20.3. The summed E-state index contributed by atoms with van der Waals surface area (Å²) in [4.78, 5) is 23.1. The minimum atomic E-state index is -0.656. The minimum absolute atomic E-state index is 0.374. The van der Waals surface area contributed by atoms with Gasteiger partial charge >= 0.3 is 6.09 Å². The number of carbonyl (C=O) groups excluding carboxylic acids is 2. The van der Waals surface area contributed by atoms with Crippen LogP contribution in [0.3, 0.4) is 0 Å². The Morgan fingerprint density at radius 2 is 1.65 bits per heavy atom. The predicted molar refractivity (Wildman–Crippen MR) is 105 cm³/mol. The average molecular weight is 394 g/mol. The van der Waals surface area contributed by atoms with Crippen molar-refractivity contribution in [2.24, 2.45) is 0 Å². The van der Waals surface area contributed by atoms with Crippen molar-refractivity contribution < 1.29 is 14.3 Å². The van der Waals surface area contributed by atoms with E-state index in [-0.39, 0.29) is 0 Å². The van der Waals surface area contributed by atoms with Crippen LogP contribution in [0, 0.1) is 0 Å². The molecule has 0 aliphatic heterocycles. The maximum absolute atomic E-state index is 11.8. The molecule has 1 amide bonds.